The molecule has 0 aliphatic rings. The zero-order chi connectivity index (χ0) is 15.2. The van der Waals surface area contributed by atoms with E-state index in [1.165, 1.54) is 0 Å². The number of aryl methyl sites for hydroxylation is 1. The molecule has 2 aromatic rings. The second-order valence-corrected chi connectivity index (χ2v) is 5.56. The standard InChI is InChI=1S/C14H20BrN5O/c1-4-7-16-11(13-14(15)18-19-20(13)2)8-10-5-6-12(21-3)17-9-10/h5-6,9,11,16H,4,7-8H2,1-3H3. The maximum absolute atomic E-state index is 5.09. The number of rotatable bonds is 7. The summed E-state index contributed by atoms with van der Waals surface area (Å²) in [5.41, 5.74) is 2.18. The third-order valence-corrected chi connectivity index (χ3v) is 3.81. The average molecular weight is 354 g/mol. The van der Waals surface area contributed by atoms with Gasteiger partial charge < -0.3 is 10.1 Å². The van der Waals surface area contributed by atoms with E-state index in [4.69, 9.17) is 4.74 Å². The largest absolute Gasteiger partial charge is 0.481 e. The van der Waals surface area contributed by atoms with E-state index >= 15 is 0 Å². The van der Waals surface area contributed by atoms with Crippen LogP contribution >= 0.6 is 15.9 Å². The molecule has 1 atom stereocenters. The molecule has 6 nitrogen and oxygen atoms in total. The summed E-state index contributed by atoms with van der Waals surface area (Å²) in [7, 11) is 3.52. The van der Waals surface area contributed by atoms with Crippen LogP contribution in [-0.4, -0.2) is 33.6 Å². The van der Waals surface area contributed by atoms with Gasteiger partial charge in [0.2, 0.25) is 5.88 Å². The lowest BCUT2D eigenvalue weighted by atomic mass is 10.0. The second kappa shape index (κ2) is 7.51. The van der Waals surface area contributed by atoms with Crippen LogP contribution in [-0.2, 0) is 13.5 Å². The number of methoxy groups -OCH3 is 1. The van der Waals surface area contributed by atoms with Crippen molar-refractivity contribution in [1.82, 2.24) is 25.3 Å². The number of aromatic nitrogens is 4. The summed E-state index contributed by atoms with van der Waals surface area (Å²) in [5.74, 6) is 0.625. The molecule has 2 heterocycles. The molecule has 2 rings (SSSR count). The number of hydrogen-bond donors (Lipinski definition) is 1. The van der Waals surface area contributed by atoms with Crippen molar-refractivity contribution < 1.29 is 4.74 Å². The normalized spacial score (nSPS) is 12.4. The van der Waals surface area contributed by atoms with Crippen molar-refractivity contribution in [3.63, 3.8) is 0 Å². The van der Waals surface area contributed by atoms with E-state index in [-0.39, 0.29) is 6.04 Å². The molecule has 0 amide bonds. The molecule has 0 radical (unpaired) electrons. The van der Waals surface area contributed by atoms with Crippen LogP contribution in [0.3, 0.4) is 0 Å². The summed E-state index contributed by atoms with van der Waals surface area (Å²) in [5, 5.41) is 11.7. The molecule has 0 saturated heterocycles. The first kappa shape index (κ1) is 15.9. The molecule has 7 heteroatoms. The molecule has 0 bridgehead atoms. The fraction of sp³-hybridized carbons (Fsp3) is 0.500. The molecule has 0 spiro atoms. The topological polar surface area (TPSA) is 64.9 Å². The predicted octanol–water partition coefficient (Wildman–Crippen LogP) is 2.26. The Kier molecular flexibility index (Phi) is 5.69. The Morgan fingerprint density at radius 2 is 2.24 bits per heavy atom. The van der Waals surface area contributed by atoms with Gasteiger partial charge in [0.15, 0.2) is 4.60 Å². The zero-order valence-corrected chi connectivity index (χ0v) is 14.1. The summed E-state index contributed by atoms with van der Waals surface area (Å²) < 4.78 is 7.67. The lowest BCUT2D eigenvalue weighted by molar-refractivity contribution is 0.397. The SMILES string of the molecule is CCCNC(Cc1ccc(OC)nc1)c1c(Br)nnn1C. The van der Waals surface area contributed by atoms with E-state index in [0.29, 0.717) is 5.88 Å². The minimum absolute atomic E-state index is 0.134. The van der Waals surface area contributed by atoms with Gasteiger partial charge in [-0.15, -0.1) is 5.10 Å². The van der Waals surface area contributed by atoms with Crippen LogP contribution in [0.25, 0.3) is 0 Å². The van der Waals surface area contributed by atoms with Gasteiger partial charge in [-0.2, -0.15) is 0 Å². The molecule has 1 N–H and O–H groups in total. The maximum Gasteiger partial charge on any atom is 0.212 e. The van der Waals surface area contributed by atoms with E-state index in [0.717, 1.165) is 35.2 Å². The second-order valence-electron chi connectivity index (χ2n) is 4.81. The Balaban J connectivity index is 2.19. The Labute approximate surface area is 133 Å². The predicted molar refractivity (Wildman–Crippen MR) is 84.2 cm³/mol. The molecule has 21 heavy (non-hydrogen) atoms. The van der Waals surface area contributed by atoms with Gasteiger partial charge in [0.25, 0.3) is 0 Å². The lowest BCUT2D eigenvalue weighted by Crippen LogP contribution is -2.26. The Morgan fingerprint density at radius 1 is 1.43 bits per heavy atom. The van der Waals surface area contributed by atoms with Crippen LogP contribution in [0.4, 0.5) is 0 Å². The maximum atomic E-state index is 5.09. The summed E-state index contributed by atoms with van der Waals surface area (Å²) in [4.78, 5) is 4.26. The Morgan fingerprint density at radius 3 is 2.76 bits per heavy atom. The number of ether oxygens (including phenoxy) is 1. The van der Waals surface area contributed by atoms with Gasteiger partial charge in [-0.25, -0.2) is 9.67 Å². The van der Waals surface area contributed by atoms with Gasteiger partial charge in [-0.05, 0) is 40.9 Å². The third-order valence-electron chi connectivity index (χ3n) is 3.24. The van der Waals surface area contributed by atoms with Crippen molar-refractivity contribution in [2.75, 3.05) is 13.7 Å². The highest BCUT2D eigenvalue weighted by Gasteiger charge is 2.20. The van der Waals surface area contributed by atoms with Crippen LogP contribution in [0.5, 0.6) is 5.88 Å². The molecule has 1 unspecified atom stereocenters. The van der Waals surface area contributed by atoms with Gasteiger partial charge in [-0.1, -0.05) is 18.2 Å². The van der Waals surface area contributed by atoms with E-state index in [1.807, 2.05) is 25.4 Å². The van der Waals surface area contributed by atoms with E-state index in [9.17, 15) is 0 Å². The minimum Gasteiger partial charge on any atom is -0.481 e. The van der Waals surface area contributed by atoms with Gasteiger partial charge in [-0.3, -0.25) is 0 Å². The first-order valence-corrected chi connectivity index (χ1v) is 7.72. The average Bonchev–Trinajstić information content (AvgIpc) is 2.83. The summed E-state index contributed by atoms with van der Waals surface area (Å²) >= 11 is 3.48. The highest BCUT2D eigenvalue weighted by atomic mass is 79.9. The molecule has 114 valence electrons. The Bertz CT molecular complexity index is 550. The number of hydrogen-bond acceptors (Lipinski definition) is 5. The van der Waals surface area contributed by atoms with Crippen molar-refractivity contribution in [3.8, 4) is 5.88 Å². The fourth-order valence-corrected chi connectivity index (χ4v) is 2.78. The van der Waals surface area contributed by atoms with E-state index in [1.54, 1.807) is 11.8 Å². The zero-order valence-electron chi connectivity index (χ0n) is 12.5. The molecular formula is C14H20BrN5O. The van der Waals surface area contributed by atoms with Crippen LogP contribution < -0.4 is 10.1 Å². The third kappa shape index (κ3) is 4.01. The number of halogens is 1. The highest BCUT2D eigenvalue weighted by Crippen LogP contribution is 2.24. The lowest BCUT2D eigenvalue weighted by Gasteiger charge is -2.19. The van der Waals surface area contributed by atoms with Crippen molar-refractivity contribution in [3.05, 3.63) is 34.2 Å². The molecule has 0 aliphatic carbocycles. The summed E-state index contributed by atoms with van der Waals surface area (Å²) in [6, 6.07) is 4.04. The monoisotopic (exact) mass is 353 g/mol. The summed E-state index contributed by atoms with van der Waals surface area (Å²) in [6.45, 7) is 3.08. The van der Waals surface area contributed by atoms with Crippen LogP contribution in [0.15, 0.2) is 22.9 Å². The number of nitrogens with one attached hydrogen (secondary N) is 1. The van der Waals surface area contributed by atoms with Crippen molar-refractivity contribution in [2.24, 2.45) is 7.05 Å². The Hall–Kier alpha value is -1.47. The fourth-order valence-electron chi connectivity index (χ4n) is 2.18. The van der Waals surface area contributed by atoms with Gasteiger partial charge in [0.05, 0.1) is 18.8 Å². The van der Waals surface area contributed by atoms with Crippen LogP contribution in [0, 0.1) is 0 Å². The molecule has 0 fully saturated rings. The van der Waals surface area contributed by atoms with Crippen molar-refractivity contribution in [1.29, 1.82) is 0 Å². The van der Waals surface area contributed by atoms with E-state index in [2.05, 4.69) is 43.5 Å². The molecule has 0 aliphatic heterocycles. The molecule has 0 aromatic carbocycles. The van der Waals surface area contributed by atoms with E-state index < -0.39 is 0 Å². The van der Waals surface area contributed by atoms with Crippen molar-refractivity contribution in [2.45, 2.75) is 25.8 Å². The minimum atomic E-state index is 0.134. The first-order chi connectivity index (χ1) is 10.2. The summed E-state index contributed by atoms with van der Waals surface area (Å²) in [6.07, 6.45) is 3.73. The highest BCUT2D eigenvalue weighted by molar-refractivity contribution is 9.10. The van der Waals surface area contributed by atoms with Gasteiger partial charge >= 0.3 is 0 Å². The molecule has 2 aromatic heterocycles. The molecule has 0 saturated carbocycles. The molecular weight excluding hydrogens is 334 g/mol. The quantitative estimate of drug-likeness (QED) is 0.826. The van der Waals surface area contributed by atoms with Gasteiger partial charge in [0, 0.05) is 19.3 Å². The van der Waals surface area contributed by atoms with Crippen LogP contribution in [0.1, 0.15) is 30.6 Å². The number of pyridine rings is 1. The van der Waals surface area contributed by atoms with Gasteiger partial charge in [0.1, 0.15) is 0 Å². The first-order valence-electron chi connectivity index (χ1n) is 6.93. The smallest absolute Gasteiger partial charge is 0.212 e. The van der Waals surface area contributed by atoms with Crippen molar-refractivity contribution >= 4 is 15.9 Å². The van der Waals surface area contributed by atoms with Crippen LogP contribution in [0.2, 0.25) is 0 Å². The number of nitrogens with zero attached hydrogens (tertiary/aromatic N) is 4.